The predicted octanol–water partition coefficient (Wildman–Crippen LogP) is 0.438. The molecule has 1 aromatic rings. The highest BCUT2D eigenvalue weighted by atomic mass is 16.5. The summed E-state index contributed by atoms with van der Waals surface area (Å²) in [5, 5.41) is 17.3. The van der Waals surface area contributed by atoms with E-state index in [1.165, 1.54) is 6.07 Å². The third-order valence-corrected chi connectivity index (χ3v) is 1.61. The maximum atomic E-state index is 11.1. The van der Waals surface area contributed by atoms with Crippen LogP contribution in [0.2, 0.25) is 0 Å². The van der Waals surface area contributed by atoms with E-state index in [0.29, 0.717) is 0 Å². The third kappa shape index (κ3) is 2.08. The van der Waals surface area contributed by atoms with Crippen molar-refractivity contribution in [2.24, 2.45) is 0 Å². The Morgan fingerprint density at radius 1 is 1.53 bits per heavy atom. The summed E-state index contributed by atoms with van der Waals surface area (Å²) in [6.07, 6.45) is 0. The van der Waals surface area contributed by atoms with Crippen LogP contribution in [0.5, 0.6) is 0 Å². The summed E-state index contributed by atoms with van der Waals surface area (Å²) in [6, 6.07) is 4.08. The Balaban J connectivity index is 3.33. The molecule has 0 amide bonds. The van der Waals surface area contributed by atoms with E-state index in [1.54, 1.807) is 6.07 Å². The Morgan fingerprint density at radius 2 is 2.20 bits per heavy atom. The summed E-state index contributed by atoms with van der Waals surface area (Å²) in [7, 11) is 1.12. The van der Waals surface area contributed by atoms with Crippen molar-refractivity contribution in [3.8, 4) is 6.07 Å². The first-order chi connectivity index (χ1) is 7.10. The molecule has 0 atom stereocenters. The lowest BCUT2D eigenvalue weighted by Crippen LogP contribution is -2.11. The molecule has 0 unspecified atom stereocenters. The molecule has 1 rings (SSSR count). The highest BCUT2D eigenvalue weighted by Crippen LogP contribution is 2.08. The molecule has 0 aliphatic rings. The summed E-state index contributed by atoms with van der Waals surface area (Å²) in [6.45, 7) is 0. The molecule has 0 saturated carbocycles. The van der Waals surface area contributed by atoms with Gasteiger partial charge in [-0.2, -0.15) is 5.26 Å². The largest absolute Gasteiger partial charge is 0.477 e. The number of ether oxygens (including phenoxy) is 1. The monoisotopic (exact) mass is 206 g/mol. The number of carboxylic acid groups (broad SMARTS) is 1. The standard InChI is InChI=1S/C9H6N2O4/c1-15-9(14)7-5(4-10)2-3-6(11-7)8(12)13/h2-3H,1H3,(H,12,13). The zero-order valence-electron chi connectivity index (χ0n) is 7.72. The van der Waals surface area contributed by atoms with Gasteiger partial charge in [-0.05, 0) is 12.1 Å². The molecule has 1 heterocycles. The molecular formula is C9H6N2O4. The maximum absolute atomic E-state index is 11.1. The van der Waals surface area contributed by atoms with Crippen LogP contribution in [0.25, 0.3) is 0 Å². The highest BCUT2D eigenvalue weighted by molar-refractivity contribution is 5.92. The molecule has 0 aliphatic carbocycles. The second-order valence-corrected chi connectivity index (χ2v) is 2.50. The Hall–Kier alpha value is -2.42. The van der Waals surface area contributed by atoms with Gasteiger partial charge in [-0.15, -0.1) is 0 Å². The second kappa shape index (κ2) is 4.19. The Bertz CT molecular complexity index is 462. The molecule has 0 aromatic carbocycles. The summed E-state index contributed by atoms with van der Waals surface area (Å²) in [4.78, 5) is 25.2. The molecule has 6 nitrogen and oxygen atoms in total. The van der Waals surface area contributed by atoms with Crippen LogP contribution in [0.4, 0.5) is 0 Å². The first-order valence-electron chi connectivity index (χ1n) is 3.83. The number of rotatable bonds is 2. The van der Waals surface area contributed by atoms with Crippen LogP contribution in [0.1, 0.15) is 26.5 Å². The number of hydrogen-bond donors (Lipinski definition) is 1. The lowest BCUT2D eigenvalue weighted by Gasteiger charge is -2.01. The van der Waals surface area contributed by atoms with E-state index < -0.39 is 11.9 Å². The van der Waals surface area contributed by atoms with Gasteiger partial charge in [-0.25, -0.2) is 14.6 Å². The minimum absolute atomic E-state index is 0.0214. The Morgan fingerprint density at radius 3 is 2.67 bits per heavy atom. The lowest BCUT2D eigenvalue weighted by atomic mass is 10.2. The molecule has 0 saturated heterocycles. The summed E-state index contributed by atoms with van der Waals surface area (Å²) < 4.78 is 4.37. The number of aromatic carboxylic acids is 1. The van der Waals surface area contributed by atoms with E-state index in [1.807, 2.05) is 0 Å². The molecule has 0 radical (unpaired) electrons. The average Bonchev–Trinajstić information content (AvgIpc) is 2.27. The number of hydrogen-bond acceptors (Lipinski definition) is 5. The Kier molecular flexibility index (Phi) is 2.98. The third-order valence-electron chi connectivity index (χ3n) is 1.61. The molecule has 0 aliphatic heterocycles. The quantitative estimate of drug-likeness (QED) is 0.704. The van der Waals surface area contributed by atoms with E-state index in [4.69, 9.17) is 10.4 Å². The fraction of sp³-hybridized carbons (Fsp3) is 0.111. The van der Waals surface area contributed by atoms with Crippen LogP contribution >= 0.6 is 0 Å². The maximum Gasteiger partial charge on any atom is 0.358 e. The van der Waals surface area contributed by atoms with Crippen molar-refractivity contribution in [3.05, 3.63) is 29.1 Å². The number of carbonyl (C=O) groups is 2. The van der Waals surface area contributed by atoms with E-state index >= 15 is 0 Å². The van der Waals surface area contributed by atoms with Gasteiger partial charge in [0, 0.05) is 0 Å². The van der Waals surface area contributed by atoms with Crippen LogP contribution in [0.3, 0.4) is 0 Å². The molecule has 1 aromatic heterocycles. The van der Waals surface area contributed by atoms with Gasteiger partial charge in [0.25, 0.3) is 0 Å². The van der Waals surface area contributed by atoms with Gasteiger partial charge in [0.05, 0.1) is 12.7 Å². The number of carboxylic acids is 1. The fourth-order valence-electron chi connectivity index (χ4n) is 0.921. The Labute approximate surface area is 84.7 Å². The van der Waals surface area contributed by atoms with Crippen molar-refractivity contribution >= 4 is 11.9 Å². The van der Waals surface area contributed by atoms with Crippen molar-refractivity contribution in [3.63, 3.8) is 0 Å². The van der Waals surface area contributed by atoms with Gasteiger partial charge in [0.15, 0.2) is 5.69 Å². The van der Waals surface area contributed by atoms with Gasteiger partial charge in [-0.3, -0.25) is 0 Å². The second-order valence-electron chi connectivity index (χ2n) is 2.50. The van der Waals surface area contributed by atoms with Crippen LogP contribution < -0.4 is 0 Å². The van der Waals surface area contributed by atoms with Crippen LogP contribution in [-0.4, -0.2) is 29.1 Å². The number of aromatic nitrogens is 1. The van der Waals surface area contributed by atoms with Gasteiger partial charge in [-0.1, -0.05) is 0 Å². The van der Waals surface area contributed by atoms with Crippen LogP contribution in [0, 0.1) is 11.3 Å². The fourth-order valence-corrected chi connectivity index (χ4v) is 0.921. The number of nitriles is 1. The zero-order chi connectivity index (χ0) is 11.4. The predicted molar refractivity (Wildman–Crippen MR) is 47.3 cm³/mol. The summed E-state index contributed by atoms with van der Waals surface area (Å²) in [5.74, 6) is -2.11. The molecule has 0 spiro atoms. The molecule has 1 N–H and O–H groups in total. The van der Waals surface area contributed by atoms with Crippen molar-refractivity contribution < 1.29 is 19.4 Å². The molecule has 0 fully saturated rings. The van der Waals surface area contributed by atoms with Crippen molar-refractivity contribution in [1.29, 1.82) is 5.26 Å². The number of methoxy groups -OCH3 is 1. The molecule has 6 heteroatoms. The molecular weight excluding hydrogens is 200 g/mol. The molecule has 76 valence electrons. The topological polar surface area (TPSA) is 100 Å². The van der Waals surface area contributed by atoms with Crippen LogP contribution in [0.15, 0.2) is 12.1 Å². The van der Waals surface area contributed by atoms with E-state index in [-0.39, 0.29) is 17.0 Å². The minimum atomic E-state index is -1.27. The first kappa shape index (κ1) is 10.7. The van der Waals surface area contributed by atoms with Crippen molar-refractivity contribution in [2.75, 3.05) is 7.11 Å². The smallest absolute Gasteiger partial charge is 0.358 e. The normalized spacial score (nSPS) is 9.07. The number of esters is 1. The number of carbonyl (C=O) groups excluding carboxylic acids is 1. The van der Waals surface area contributed by atoms with E-state index in [0.717, 1.165) is 13.2 Å². The summed E-state index contributed by atoms with van der Waals surface area (Å²) in [5.41, 5.74) is -0.624. The number of pyridine rings is 1. The SMILES string of the molecule is COC(=O)c1nc(C(=O)O)ccc1C#N. The molecule has 15 heavy (non-hydrogen) atoms. The molecule has 0 bridgehead atoms. The van der Waals surface area contributed by atoms with Gasteiger partial charge < -0.3 is 9.84 Å². The highest BCUT2D eigenvalue weighted by Gasteiger charge is 2.16. The van der Waals surface area contributed by atoms with Crippen LogP contribution in [-0.2, 0) is 4.74 Å². The van der Waals surface area contributed by atoms with Crippen molar-refractivity contribution in [2.45, 2.75) is 0 Å². The van der Waals surface area contributed by atoms with Gasteiger partial charge in [0.2, 0.25) is 0 Å². The number of nitrogens with zero attached hydrogens (tertiary/aromatic N) is 2. The average molecular weight is 206 g/mol. The van der Waals surface area contributed by atoms with Crippen molar-refractivity contribution in [1.82, 2.24) is 4.98 Å². The van der Waals surface area contributed by atoms with Gasteiger partial charge in [0.1, 0.15) is 11.8 Å². The summed E-state index contributed by atoms with van der Waals surface area (Å²) >= 11 is 0. The first-order valence-corrected chi connectivity index (χ1v) is 3.83. The zero-order valence-corrected chi connectivity index (χ0v) is 7.72. The van der Waals surface area contributed by atoms with Gasteiger partial charge >= 0.3 is 11.9 Å². The minimum Gasteiger partial charge on any atom is -0.477 e. The van der Waals surface area contributed by atoms with E-state index in [9.17, 15) is 9.59 Å². The van der Waals surface area contributed by atoms with E-state index in [2.05, 4.69) is 9.72 Å². The lowest BCUT2D eigenvalue weighted by molar-refractivity contribution is 0.0593.